The normalized spacial score (nSPS) is 13.0. The number of hydrogen-bond donors (Lipinski definition) is 2. The van der Waals surface area contributed by atoms with E-state index in [2.05, 4.69) is 52.0 Å². The minimum absolute atomic E-state index is 0. The molecule has 0 saturated carbocycles. The predicted molar refractivity (Wildman–Crippen MR) is 113 cm³/mol. The molecule has 0 radical (unpaired) electrons. The van der Waals surface area contributed by atoms with Crippen molar-refractivity contribution in [1.29, 1.82) is 0 Å². The van der Waals surface area contributed by atoms with E-state index in [-0.39, 0.29) is 24.0 Å². The van der Waals surface area contributed by atoms with E-state index in [0.29, 0.717) is 12.6 Å². The Morgan fingerprint density at radius 1 is 1.21 bits per heavy atom. The van der Waals surface area contributed by atoms with Gasteiger partial charge < -0.3 is 15.2 Å². The number of nitrogens with one attached hydrogen (secondary N) is 2. The fourth-order valence-electron chi connectivity index (χ4n) is 2.60. The Morgan fingerprint density at radius 2 is 1.92 bits per heavy atom. The van der Waals surface area contributed by atoms with Crippen LogP contribution in [0.15, 0.2) is 29.3 Å². The molecule has 1 unspecified atom stereocenters. The van der Waals surface area contributed by atoms with Gasteiger partial charge in [-0.3, -0.25) is 4.99 Å². The summed E-state index contributed by atoms with van der Waals surface area (Å²) in [6.07, 6.45) is 2.36. The first-order chi connectivity index (χ1) is 11.0. The summed E-state index contributed by atoms with van der Waals surface area (Å²) in [5.74, 6) is 2.56. The number of halogens is 1. The topological polar surface area (TPSA) is 54.2 Å². The summed E-state index contributed by atoms with van der Waals surface area (Å²) < 4.78 is 2.12. The van der Waals surface area contributed by atoms with E-state index in [1.165, 1.54) is 6.42 Å². The standard InChI is InChI=1S/C18H29N5.HI/c1-13(2)10-11-14(3)21-18(19-4)20-12-17-22-15-8-6-7-9-16(15)23(17)5;/h6-9,13-14H,10-12H2,1-5H3,(H2,19,20,21);1H. The minimum Gasteiger partial charge on any atom is -0.354 e. The Labute approximate surface area is 162 Å². The lowest BCUT2D eigenvalue weighted by Crippen LogP contribution is -2.42. The van der Waals surface area contributed by atoms with Crippen LogP contribution in [0.3, 0.4) is 0 Å². The first-order valence-corrected chi connectivity index (χ1v) is 8.38. The Hall–Kier alpha value is -1.31. The number of aliphatic imine (C=N–C) groups is 1. The van der Waals surface area contributed by atoms with Crippen molar-refractivity contribution in [2.45, 2.75) is 46.2 Å². The summed E-state index contributed by atoms with van der Waals surface area (Å²) in [6.45, 7) is 7.36. The molecule has 0 aliphatic rings. The molecule has 2 N–H and O–H groups in total. The number of nitrogens with zero attached hydrogens (tertiary/aromatic N) is 3. The molecule has 2 aromatic rings. The summed E-state index contributed by atoms with van der Waals surface area (Å²) >= 11 is 0. The molecule has 1 aromatic heterocycles. The Balaban J connectivity index is 0.00000288. The maximum atomic E-state index is 4.67. The van der Waals surface area contributed by atoms with Crippen molar-refractivity contribution in [3.05, 3.63) is 30.1 Å². The highest BCUT2D eigenvalue weighted by Crippen LogP contribution is 2.13. The average molecular weight is 443 g/mol. The molecule has 0 amide bonds. The molecule has 0 saturated heterocycles. The van der Waals surface area contributed by atoms with Gasteiger partial charge in [-0.05, 0) is 37.8 Å². The molecule has 1 atom stereocenters. The van der Waals surface area contributed by atoms with Gasteiger partial charge in [0.25, 0.3) is 0 Å². The fourth-order valence-corrected chi connectivity index (χ4v) is 2.60. The SMILES string of the molecule is CN=C(NCc1nc2ccccc2n1C)NC(C)CCC(C)C.I. The summed E-state index contributed by atoms with van der Waals surface area (Å²) in [5.41, 5.74) is 2.18. The van der Waals surface area contributed by atoms with Gasteiger partial charge in [-0.15, -0.1) is 24.0 Å². The summed E-state index contributed by atoms with van der Waals surface area (Å²) in [4.78, 5) is 8.99. The van der Waals surface area contributed by atoms with Crippen LogP contribution in [0.25, 0.3) is 11.0 Å². The molecule has 0 aliphatic carbocycles. The quantitative estimate of drug-likeness (QED) is 0.407. The van der Waals surface area contributed by atoms with Crippen molar-refractivity contribution in [3.63, 3.8) is 0 Å². The zero-order valence-electron chi connectivity index (χ0n) is 15.3. The van der Waals surface area contributed by atoms with Gasteiger partial charge >= 0.3 is 0 Å². The molecule has 24 heavy (non-hydrogen) atoms. The van der Waals surface area contributed by atoms with Gasteiger partial charge in [0.15, 0.2) is 5.96 Å². The first-order valence-electron chi connectivity index (χ1n) is 8.38. The van der Waals surface area contributed by atoms with Crippen molar-refractivity contribution in [3.8, 4) is 0 Å². The molecule has 0 fully saturated rings. The Kier molecular flexibility index (Phi) is 8.52. The van der Waals surface area contributed by atoms with E-state index in [9.17, 15) is 0 Å². The predicted octanol–water partition coefficient (Wildman–Crippen LogP) is 3.68. The molecule has 0 bridgehead atoms. The number of aryl methyl sites for hydroxylation is 1. The van der Waals surface area contributed by atoms with E-state index >= 15 is 0 Å². The Morgan fingerprint density at radius 3 is 2.54 bits per heavy atom. The zero-order valence-corrected chi connectivity index (χ0v) is 17.7. The van der Waals surface area contributed by atoms with Gasteiger partial charge in [0.2, 0.25) is 0 Å². The highest BCUT2D eigenvalue weighted by atomic mass is 127. The van der Waals surface area contributed by atoms with Gasteiger partial charge in [-0.1, -0.05) is 26.0 Å². The summed E-state index contributed by atoms with van der Waals surface area (Å²) in [5, 5.41) is 6.81. The second-order valence-electron chi connectivity index (χ2n) is 6.52. The second-order valence-corrected chi connectivity index (χ2v) is 6.52. The lowest BCUT2D eigenvalue weighted by Gasteiger charge is -2.18. The molecule has 0 aliphatic heterocycles. The van der Waals surface area contributed by atoms with Crippen LogP contribution in [0.4, 0.5) is 0 Å². The number of hydrogen-bond acceptors (Lipinski definition) is 2. The number of imidazole rings is 1. The molecular weight excluding hydrogens is 413 g/mol. The smallest absolute Gasteiger partial charge is 0.191 e. The van der Waals surface area contributed by atoms with Crippen molar-refractivity contribution in [1.82, 2.24) is 20.2 Å². The lowest BCUT2D eigenvalue weighted by atomic mass is 10.0. The average Bonchev–Trinajstić information content (AvgIpc) is 2.86. The largest absolute Gasteiger partial charge is 0.354 e. The van der Waals surface area contributed by atoms with Crippen molar-refractivity contribution < 1.29 is 0 Å². The van der Waals surface area contributed by atoms with Crippen LogP contribution in [-0.2, 0) is 13.6 Å². The molecule has 6 heteroatoms. The van der Waals surface area contributed by atoms with E-state index < -0.39 is 0 Å². The Bertz CT molecular complexity index is 662. The number of guanidine groups is 1. The number of fused-ring (bicyclic) bond motifs is 1. The molecule has 134 valence electrons. The third-order valence-corrected chi connectivity index (χ3v) is 4.08. The third-order valence-electron chi connectivity index (χ3n) is 4.08. The fraction of sp³-hybridized carbons (Fsp3) is 0.556. The minimum atomic E-state index is 0. The molecule has 2 rings (SSSR count). The van der Waals surface area contributed by atoms with Gasteiger partial charge in [0.1, 0.15) is 5.82 Å². The lowest BCUT2D eigenvalue weighted by molar-refractivity contribution is 0.488. The molecular formula is C18H30IN5. The third kappa shape index (κ3) is 5.65. The van der Waals surface area contributed by atoms with Crippen LogP contribution in [0.5, 0.6) is 0 Å². The van der Waals surface area contributed by atoms with E-state index in [4.69, 9.17) is 0 Å². The number of para-hydroxylation sites is 2. The van der Waals surface area contributed by atoms with E-state index in [1.54, 1.807) is 7.05 Å². The van der Waals surface area contributed by atoms with Gasteiger partial charge in [0.05, 0.1) is 17.6 Å². The van der Waals surface area contributed by atoms with Crippen molar-refractivity contribution >= 4 is 41.0 Å². The number of aromatic nitrogens is 2. The maximum Gasteiger partial charge on any atom is 0.191 e. The van der Waals surface area contributed by atoms with E-state index in [1.807, 2.05) is 25.2 Å². The van der Waals surface area contributed by atoms with Crippen LogP contribution in [0.1, 0.15) is 39.4 Å². The van der Waals surface area contributed by atoms with Crippen LogP contribution >= 0.6 is 24.0 Å². The van der Waals surface area contributed by atoms with Gasteiger partial charge in [-0.2, -0.15) is 0 Å². The zero-order chi connectivity index (χ0) is 16.8. The summed E-state index contributed by atoms with van der Waals surface area (Å²) in [7, 11) is 3.85. The highest BCUT2D eigenvalue weighted by Gasteiger charge is 2.09. The van der Waals surface area contributed by atoms with Crippen LogP contribution in [0, 0.1) is 5.92 Å². The van der Waals surface area contributed by atoms with Crippen LogP contribution < -0.4 is 10.6 Å². The molecule has 1 aromatic carbocycles. The summed E-state index contributed by atoms with van der Waals surface area (Å²) in [6, 6.07) is 8.60. The van der Waals surface area contributed by atoms with Crippen molar-refractivity contribution in [2.24, 2.45) is 18.0 Å². The van der Waals surface area contributed by atoms with E-state index in [0.717, 1.165) is 35.2 Å². The number of rotatable bonds is 6. The molecule has 1 heterocycles. The second kappa shape index (κ2) is 9.86. The molecule has 0 spiro atoms. The van der Waals surface area contributed by atoms with Crippen molar-refractivity contribution in [2.75, 3.05) is 7.05 Å². The first kappa shape index (κ1) is 20.7. The highest BCUT2D eigenvalue weighted by molar-refractivity contribution is 14.0. The maximum absolute atomic E-state index is 4.67. The van der Waals surface area contributed by atoms with Crippen LogP contribution in [-0.4, -0.2) is 28.6 Å². The van der Waals surface area contributed by atoms with Gasteiger partial charge in [-0.25, -0.2) is 4.98 Å². The van der Waals surface area contributed by atoms with Crippen LogP contribution in [0.2, 0.25) is 0 Å². The monoisotopic (exact) mass is 443 g/mol. The number of benzene rings is 1. The molecule has 5 nitrogen and oxygen atoms in total. The van der Waals surface area contributed by atoms with Gasteiger partial charge in [0, 0.05) is 20.1 Å².